The van der Waals surface area contributed by atoms with Crippen molar-refractivity contribution in [1.29, 1.82) is 0 Å². The molecule has 0 saturated heterocycles. The molecule has 0 aliphatic rings. The number of aromatic nitrogens is 2. The Kier molecular flexibility index (Phi) is 2.88. The van der Waals surface area contributed by atoms with Gasteiger partial charge in [0.2, 0.25) is 0 Å². The van der Waals surface area contributed by atoms with Crippen LogP contribution in [-0.4, -0.2) is 9.97 Å². The quantitative estimate of drug-likeness (QED) is 0.831. The topological polar surface area (TPSA) is 37.8 Å². The Morgan fingerprint density at radius 1 is 1.20 bits per heavy atom. The predicted molar refractivity (Wildman–Crippen MR) is 55.8 cm³/mol. The predicted octanol–water partition coefficient (Wildman–Crippen LogP) is 2.23. The fourth-order valence-corrected chi connectivity index (χ4v) is 1.22. The van der Waals surface area contributed by atoms with Crippen LogP contribution in [0, 0.1) is 5.82 Å². The van der Waals surface area contributed by atoms with E-state index in [9.17, 15) is 4.39 Å². The van der Waals surface area contributed by atoms with Gasteiger partial charge in [0.25, 0.3) is 0 Å². The van der Waals surface area contributed by atoms with E-state index in [0.29, 0.717) is 17.9 Å². The van der Waals surface area contributed by atoms with Gasteiger partial charge in [-0.15, -0.1) is 0 Å². The SMILES string of the molecule is Fc1ccccc1CNc1ccncn1. The van der Waals surface area contributed by atoms with Gasteiger partial charge in [-0.05, 0) is 12.1 Å². The molecule has 0 saturated carbocycles. The van der Waals surface area contributed by atoms with E-state index in [1.165, 1.54) is 12.4 Å². The maximum Gasteiger partial charge on any atom is 0.129 e. The molecule has 0 bridgehead atoms. The van der Waals surface area contributed by atoms with Crippen LogP contribution in [0.2, 0.25) is 0 Å². The molecule has 15 heavy (non-hydrogen) atoms. The summed E-state index contributed by atoms with van der Waals surface area (Å²) in [6, 6.07) is 8.39. The van der Waals surface area contributed by atoms with Crippen LogP contribution in [0.1, 0.15) is 5.56 Å². The lowest BCUT2D eigenvalue weighted by Crippen LogP contribution is -2.02. The van der Waals surface area contributed by atoms with Crippen molar-refractivity contribution in [2.45, 2.75) is 6.54 Å². The van der Waals surface area contributed by atoms with Crippen LogP contribution in [0.5, 0.6) is 0 Å². The molecule has 4 heteroatoms. The molecule has 0 aliphatic heterocycles. The number of nitrogens with one attached hydrogen (secondary N) is 1. The molecule has 0 amide bonds. The van der Waals surface area contributed by atoms with E-state index in [1.54, 1.807) is 30.5 Å². The summed E-state index contributed by atoms with van der Waals surface area (Å²) in [7, 11) is 0. The van der Waals surface area contributed by atoms with E-state index in [4.69, 9.17) is 0 Å². The molecule has 1 aromatic carbocycles. The largest absolute Gasteiger partial charge is 0.366 e. The van der Waals surface area contributed by atoms with Crippen molar-refractivity contribution < 1.29 is 4.39 Å². The molecular formula is C11H10FN3. The van der Waals surface area contributed by atoms with Crippen LogP contribution in [0.3, 0.4) is 0 Å². The number of benzene rings is 1. The normalized spacial score (nSPS) is 9.93. The van der Waals surface area contributed by atoms with Crippen LogP contribution >= 0.6 is 0 Å². The Morgan fingerprint density at radius 3 is 2.80 bits per heavy atom. The minimum absolute atomic E-state index is 0.209. The molecule has 2 rings (SSSR count). The van der Waals surface area contributed by atoms with E-state index >= 15 is 0 Å². The first kappa shape index (κ1) is 9.58. The van der Waals surface area contributed by atoms with Crippen molar-refractivity contribution in [3.63, 3.8) is 0 Å². The molecule has 0 spiro atoms. The summed E-state index contributed by atoms with van der Waals surface area (Å²) in [6.07, 6.45) is 3.08. The molecular weight excluding hydrogens is 193 g/mol. The number of nitrogens with zero attached hydrogens (tertiary/aromatic N) is 2. The highest BCUT2D eigenvalue weighted by atomic mass is 19.1. The van der Waals surface area contributed by atoms with Gasteiger partial charge in [0, 0.05) is 18.3 Å². The van der Waals surface area contributed by atoms with Crippen molar-refractivity contribution >= 4 is 5.82 Å². The average Bonchev–Trinajstić information content (AvgIpc) is 2.29. The van der Waals surface area contributed by atoms with Gasteiger partial charge in [-0.3, -0.25) is 0 Å². The zero-order valence-electron chi connectivity index (χ0n) is 8.02. The zero-order chi connectivity index (χ0) is 10.5. The Balaban J connectivity index is 2.03. The zero-order valence-corrected chi connectivity index (χ0v) is 8.02. The lowest BCUT2D eigenvalue weighted by atomic mass is 10.2. The van der Waals surface area contributed by atoms with Crippen LogP contribution in [0.25, 0.3) is 0 Å². The number of hydrogen-bond acceptors (Lipinski definition) is 3. The molecule has 1 aromatic heterocycles. The number of halogens is 1. The molecule has 2 aromatic rings. The third-order valence-electron chi connectivity index (χ3n) is 2.00. The van der Waals surface area contributed by atoms with Crippen molar-refractivity contribution in [3.8, 4) is 0 Å². The Hall–Kier alpha value is -1.97. The molecule has 3 nitrogen and oxygen atoms in total. The lowest BCUT2D eigenvalue weighted by Gasteiger charge is -2.05. The van der Waals surface area contributed by atoms with Gasteiger partial charge < -0.3 is 5.32 Å². The van der Waals surface area contributed by atoms with Crippen molar-refractivity contribution in [3.05, 3.63) is 54.2 Å². The molecule has 1 heterocycles. The monoisotopic (exact) mass is 203 g/mol. The minimum atomic E-state index is -0.209. The lowest BCUT2D eigenvalue weighted by molar-refractivity contribution is 0.613. The first-order valence-electron chi connectivity index (χ1n) is 4.59. The van der Waals surface area contributed by atoms with E-state index in [1.807, 2.05) is 0 Å². The van der Waals surface area contributed by atoms with Gasteiger partial charge >= 0.3 is 0 Å². The second-order valence-electron chi connectivity index (χ2n) is 3.04. The first-order chi connectivity index (χ1) is 7.36. The summed E-state index contributed by atoms with van der Waals surface area (Å²) in [4.78, 5) is 7.77. The summed E-state index contributed by atoms with van der Waals surface area (Å²) in [6.45, 7) is 0.420. The van der Waals surface area contributed by atoms with Crippen molar-refractivity contribution in [2.24, 2.45) is 0 Å². The highest BCUT2D eigenvalue weighted by Gasteiger charge is 1.99. The molecule has 1 N–H and O–H groups in total. The minimum Gasteiger partial charge on any atom is -0.366 e. The summed E-state index contributed by atoms with van der Waals surface area (Å²) in [5, 5.41) is 3.01. The molecule has 0 radical (unpaired) electrons. The molecule has 0 atom stereocenters. The van der Waals surface area contributed by atoms with Gasteiger partial charge in [0.05, 0.1) is 0 Å². The number of anilines is 1. The van der Waals surface area contributed by atoms with E-state index in [-0.39, 0.29) is 5.82 Å². The third kappa shape index (κ3) is 2.49. The van der Waals surface area contributed by atoms with Crippen LogP contribution < -0.4 is 5.32 Å². The molecule has 0 unspecified atom stereocenters. The third-order valence-corrected chi connectivity index (χ3v) is 2.00. The second-order valence-corrected chi connectivity index (χ2v) is 3.04. The van der Waals surface area contributed by atoms with Gasteiger partial charge in [0.1, 0.15) is 18.0 Å². The van der Waals surface area contributed by atoms with Crippen LogP contribution in [0.15, 0.2) is 42.9 Å². The maximum atomic E-state index is 13.2. The smallest absolute Gasteiger partial charge is 0.129 e. The fourth-order valence-electron chi connectivity index (χ4n) is 1.22. The number of hydrogen-bond donors (Lipinski definition) is 1. The van der Waals surface area contributed by atoms with Crippen molar-refractivity contribution in [2.75, 3.05) is 5.32 Å². The maximum absolute atomic E-state index is 13.2. The Labute approximate surface area is 87.0 Å². The van der Waals surface area contributed by atoms with Crippen molar-refractivity contribution in [1.82, 2.24) is 9.97 Å². The van der Waals surface area contributed by atoms with Gasteiger partial charge in [-0.1, -0.05) is 18.2 Å². The summed E-state index contributed by atoms with van der Waals surface area (Å²) >= 11 is 0. The highest BCUT2D eigenvalue weighted by Crippen LogP contribution is 2.08. The summed E-state index contributed by atoms with van der Waals surface area (Å²) in [5.41, 5.74) is 0.621. The molecule has 0 fully saturated rings. The van der Waals surface area contributed by atoms with E-state index in [2.05, 4.69) is 15.3 Å². The Bertz CT molecular complexity index is 431. The van der Waals surface area contributed by atoms with Crippen LogP contribution in [0.4, 0.5) is 10.2 Å². The van der Waals surface area contributed by atoms with E-state index < -0.39 is 0 Å². The number of rotatable bonds is 3. The standard InChI is InChI=1S/C11H10FN3/c12-10-4-2-1-3-9(10)7-14-11-5-6-13-8-15-11/h1-6,8H,7H2,(H,13,14,15). The van der Waals surface area contributed by atoms with Crippen LogP contribution in [-0.2, 0) is 6.54 Å². The van der Waals surface area contributed by atoms with Gasteiger partial charge in [0.15, 0.2) is 0 Å². The first-order valence-corrected chi connectivity index (χ1v) is 4.59. The fraction of sp³-hybridized carbons (Fsp3) is 0.0909. The Morgan fingerprint density at radius 2 is 2.07 bits per heavy atom. The summed E-state index contributed by atoms with van der Waals surface area (Å²) in [5.74, 6) is 0.479. The highest BCUT2D eigenvalue weighted by molar-refractivity contribution is 5.33. The average molecular weight is 203 g/mol. The van der Waals surface area contributed by atoms with Gasteiger partial charge in [-0.25, -0.2) is 14.4 Å². The summed E-state index contributed by atoms with van der Waals surface area (Å²) < 4.78 is 13.2. The molecule has 0 aliphatic carbocycles. The van der Waals surface area contributed by atoms with E-state index in [0.717, 1.165) is 0 Å². The second kappa shape index (κ2) is 4.50. The van der Waals surface area contributed by atoms with Gasteiger partial charge in [-0.2, -0.15) is 0 Å². The molecule has 76 valence electrons.